The normalized spacial score (nSPS) is 10.5. The summed E-state index contributed by atoms with van der Waals surface area (Å²) in [6.45, 7) is 3.80. The van der Waals surface area contributed by atoms with Gasteiger partial charge in [0, 0.05) is 18.0 Å². The van der Waals surface area contributed by atoms with Crippen molar-refractivity contribution in [3.8, 4) is 5.82 Å². The van der Waals surface area contributed by atoms with E-state index in [9.17, 15) is 0 Å². The molecular formula is C9H9ClN4. The first-order valence-corrected chi connectivity index (χ1v) is 4.55. The number of hydrogen-bond donors (Lipinski definition) is 0. The summed E-state index contributed by atoms with van der Waals surface area (Å²) in [5.41, 5.74) is 1.78. The van der Waals surface area contributed by atoms with Gasteiger partial charge in [0.2, 0.25) is 5.28 Å². The lowest BCUT2D eigenvalue weighted by Gasteiger charge is -2.01. The lowest BCUT2D eigenvalue weighted by Crippen LogP contribution is -1.97. The van der Waals surface area contributed by atoms with E-state index in [0.717, 1.165) is 17.2 Å². The van der Waals surface area contributed by atoms with Crippen molar-refractivity contribution in [1.82, 2.24) is 19.5 Å². The lowest BCUT2D eigenvalue weighted by molar-refractivity contribution is 0.956. The molecule has 4 nitrogen and oxygen atoms in total. The molecule has 0 aromatic carbocycles. The molecule has 0 unspecified atom stereocenters. The van der Waals surface area contributed by atoms with Crippen LogP contribution in [0.25, 0.3) is 5.82 Å². The summed E-state index contributed by atoms with van der Waals surface area (Å²) in [7, 11) is 0. The van der Waals surface area contributed by atoms with Crippen LogP contribution < -0.4 is 0 Å². The maximum Gasteiger partial charge on any atom is 0.224 e. The molecule has 0 fully saturated rings. The van der Waals surface area contributed by atoms with Gasteiger partial charge in [-0.25, -0.2) is 9.97 Å². The van der Waals surface area contributed by atoms with E-state index in [0.29, 0.717) is 0 Å². The highest BCUT2D eigenvalue weighted by molar-refractivity contribution is 6.28. The first-order chi connectivity index (χ1) is 6.65. The fourth-order valence-electron chi connectivity index (χ4n) is 1.20. The maximum atomic E-state index is 5.75. The third-order valence-corrected chi connectivity index (χ3v) is 1.96. The first-order valence-electron chi connectivity index (χ1n) is 4.17. The van der Waals surface area contributed by atoms with Gasteiger partial charge >= 0.3 is 0 Å². The molecule has 0 radical (unpaired) electrons. The molecule has 0 spiro atoms. The van der Waals surface area contributed by atoms with E-state index in [2.05, 4.69) is 15.0 Å². The van der Waals surface area contributed by atoms with Crippen LogP contribution in [0, 0.1) is 13.8 Å². The standard InChI is InChI=1S/C9H9ClN4/c1-6-3-8(13-9(10)12-6)14-4-7(2)11-5-14/h3-5H,1-2H3. The van der Waals surface area contributed by atoms with E-state index in [1.165, 1.54) is 0 Å². The van der Waals surface area contributed by atoms with Crippen LogP contribution in [0.2, 0.25) is 5.28 Å². The van der Waals surface area contributed by atoms with E-state index < -0.39 is 0 Å². The average Bonchev–Trinajstić information content (AvgIpc) is 2.50. The molecule has 72 valence electrons. The predicted octanol–water partition coefficient (Wildman–Crippen LogP) is 1.93. The Bertz CT molecular complexity index is 443. The van der Waals surface area contributed by atoms with Gasteiger partial charge in [-0.05, 0) is 25.4 Å². The topological polar surface area (TPSA) is 43.6 Å². The summed E-state index contributed by atoms with van der Waals surface area (Å²) in [5.74, 6) is 0.739. The third-order valence-electron chi connectivity index (χ3n) is 1.79. The minimum absolute atomic E-state index is 0.256. The molecule has 0 N–H and O–H groups in total. The Kier molecular flexibility index (Phi) is 2.21. The Morgan fingerprint density at radius 2 is 2.00 bits per heavy atom. The molecule has 0 saturated heterocycles. The Morgan fingerprint density at radius 1 is 1.21 bits per heavy atom. The molecule has 0 bridgehead atoms. The van der Waals surface area contributed by atoms with E-state index in [1.54, 1.807) is 6.33 Å². The van der Waals surface area contributed by atoms with Crippen molar-refractivity contribution in [3.05, 3.63) is 35.3 Å². The van der Waals surface area contributed by atoms with Crippen LogP contribution >= 0.6 is 11.6 Å². The molecule has 5 heteroatoms. The molecule has 2 aromatic heterocycles. The van der Waals surface area contributed by atoms with Crippen LogP contribution in [0.4, 0.5) is 0 Å². The monoisotopic (exact) mass is 208 g/mol. The molecule has 0 atom stereocenters. The zero-order chi connectivity index (χ0) is 10.1. The van der Waals surface area contributed by atoms with E-state index in [4.69, 9.17) is 11.6 Å². The van der Waals surface area contributed by atoms with Gasteiger partial charge in [-0.3, -0.25) is 4.57 Å². The molecule has 0 amide bonds. The SMILES string of the molecule is Cc1cn(-c2cc(C)nc(Cl)n2)cn1. The van der Waals surface area contributed by atoms with Crippen molar-refractivity contribution < 1.29 is 0 Å². The summed E-state index contributed by atoms with van der Waals surface area (Å²) in [6, 6.07) is 1.85. The second-order valence-electron chi connectivity index (χ2n) is 3.06. The fourth-order valence-corrected chi connectivity index (χ4v) is 1.42. The zero-order valence-corrected chi connectivity index (χ0v) is 8.65. The van der Waals surface area contributed by atoms with Gasteiger partial charge in [0.25, 0.3) is 0 Å². The number of aromatic nitrogens is 4. The molecule has 2 aromatic rings. The molecule has 2 heterocycles. The van der Waals surface area contributed by atoms with Crippen molar-refractivity contribution in [3.63, 3.8) is 0 Å². The summed E-state index contributed by atoms with van der Waals surface area (Å²) >= 11 is 5.75. The van der Waals surface area contributed by atoms with Gasteiger partial charge in [-0.15, -0.1) is 0 Å². The highest BCUT2D eigenvalue weighted by Gasteiger charge is 2.02. The second-order valence-corrected chi connectivity index (χ2v) is 3.40. The number of hydrogen-bond acceptors (Lipinski definition) is 3. The molecule has 0 aliphatic heterocycles. The Labute approximate surface area is 86.6 Å². The zero-order valence-electron chi connectivity index (χ0n) is 7.90. The van der Waals surface area contributed by atoms with Gasteiger partial charge < -0.3 is 0 Å². The Morgan fingerprint density at radius 3 is 2.57 bits per heavy atom. The highest BCUT2D eigenvalue weighted by Crippen LogP contribution is 2.10. The molecule has 0 aliphatic carbocycles. The van der Waals surface area contributed by atoms with Crippen LogP contribution in [0.1, 0.15) is 11.4 Å². The van der Waals surface area contributed by atoms with Crippen molar-refractivity contribution in [2.75, 3.05) is 0 Å². The number of nitrogens with zero attached hydrogens (tertiary/aromatic N) is 4. The summed E-state index contributed by atoms with van der Waals surface area (Å²) in [6.07, 6.45) is 3.59. The van der Waals surface area contributed by atoms with Gasteiger partial charge in [0.15, 0.2) is 0 Å². The lowest BCUT2D eigenvalue weighted by atomic mass is 10.4. The second kappa shape index (κ2) is 3.38. The van der Waals surface area contributed by atoms with Gasteiger partial charge in [-0.2, -0.15) is 4.98 Å². The summed E-state index contributed by atoms with van der Waals surface area (Å²) < 4.78 is 1.82. The van der Waals surface area contributed by atoms with Gasteiger partial charge in [-0.1, -0.05) is 0 Å². The molecule has 0 aliphatic rings. The first kappa shape index (κ1) is 9.15. The van der Waals surface area contributed by atoms with Crippen LogP contribution in [-0.2, 0) is 0 Å². The molecule has 14 heavy (non-hydrogen) atoms. The predicted molar refractivity (Wildman–Crippen MR) is 53.6 cm³/mol. The fraction of sp³-hybridized carbons (Fsp3) is 0.222. The average molecular weight is 209 g/mol. The van der Waals surface area contributed by atoms with Crippen molar-refractivity contribution >= 4 is 11.6 Å². The highest BCUT2D eigenvalue weighted by atomic mass is 35.5. The van der Waals surface area contributed by atoms with Gasteiger partial charge in [0.1, 0.15) is 12.1 Å². The van der Waals surface area contributed by atoms with E-state index in [-0.39, 0.29) is 5.28 Å². The van der Waals surface area contributed by atoms with Crippen molar-refractivity contribution in [1.29, 1.82) is 0 Å². The number of imidazole rings is 1. The van der Waals surface area contributed by atoms with Crippen LogP contribution in [0.15, 0.2) is 18.6 Å². The number of halogens is 1. The number of rotatable bonds is 1. The molecular weight excluding hydrogens is 200 g/mol. The summed E-state index contributed by atoms with van der Waals surface area (Å²) in [4.78, 5) is 12.2. The summed E-state index contributed by atoms with van der Waals surface area (Å²) in [5, 5.41) is 0.256. The van der Waals surface area contributed by atoms with E-state index in [1.807, 2.05) is 30.7 Å². The maximum absolute atomic E-state index is 5.75. The van der Waals surface area contributed by atoms with Gasteiger partial charge in [0.05, 0.1) is 5.69 Å². The molecule has 2 rings (SSSR count). The third kappa shape index (κ3) is 1.75. The van der Waals surface area contributed by atoms with Crippen LogP contribution in [-0.4, -0.2) is 19.5 Å². The molecule has 0 saturated carbocycles. The number of aryl methyl sites for hydroxylation is 2. The van der Waals surface area contributed by atoms with E-state index >= 15 is 0 Å². The minimum Gasteiger partial charge on any atom is -0.290 e. The Hall–Kier alpha value is -1.42. The van der Waals surface area contributed by atoms with Crippen LogP contribution in [0.5, 0.6) is 0 Å². The smallest absolute Gasteiger partial charge is 0.224 e. The largest absolute Gasteiger partial charge is 0.290 e. The van der Waals surface area contributed by atoms with Crippen molar-refractivity contribution in [2.24, 2.45) is 0 Å². The minimum atomic E-state index is 0.256. The quantitative estimate of drug-likeness (QED) is 0.673. The van der Waals surface area contributed by atoms with Crippen LogP contribution in [0.3, 0.4) is 0 Å². The Balaban J connectivity index is 2.51. The van der Waals surface area contributed by atoms with Crippen molar-refractivity contribution in [2.45, 2.75) is 13.8 Å².